The Balaban J connectivity index is 1.67. The van der Waals surface area contributed by atoms with Crippen molar-refractivity contribution in [2.24, 2.45) is 0 Å². The van der Waals surface area contributed by atoms with Crippen LogP contribution in [0.15, 0.2) is 29.2 Å². The van der Waals surface area contributed by atoms with Crippen LogP contribution in [0.5, 0.6) is 5.75 Å². The highest BCUT2D eigenvalue weighted by atomic mass is 31.2. The summed E-state index contributed by atoms with van der Waals surface area (Å²) in [7, 11) is -2.77. The molecule has 1 saturated heterocycles. The zero-order valence-corrected chi connectivity index (χ0v) is 20.6. The number of ether oxygens (including phenoxy) is 1. The first kappa shape index (κ1) is 26.7. The van der Waals surface area contributed by atoms with Gasteiger partial charge in [0.05, 0.1) is 19.4 Å². The number of rotatable bonds is 7. The predicted octanol–water partition coefficient (Wildman–Crippen LogP) is 0.470. The van der Waals surface area contributed by atoms with E-state index in [1.807, 2.05) is 0 Å². The average Bonchev–Trinajstić information content (AvgIpc) is 3.31. The van der Waals surface area contributed by atoms with Crippen molar-refractivity contribution in [2.45, 2.75) is 25.0 Å². The van der Waals surface area contributed by atoms with Crippen molar-refractivity contribution in [1.29, 1.82) is 0 Å². The third-order valence-electron chi connectivity index (χ3n) is 6.55. The van der Waals surface area contributed by atoms with Gasteiger partial charge in [0, 0.05) is 44.4 Å². The molecule has 200 valence electrons. The number of fused-ring (bicyclic) bond motifs is 1. The Hall–Kier alpha value is -3.32. The Kier molecular flexibility index (Phi) is 7.12. The van der Waals surface area contributed by atoms with E-state index in [1.165, 1.54) is 14.6 Å². The molecule has 15 heteroatoms. The fourth-order valence-corrected chi connectivity index (χ4v) is 5.12. The van der Waals surface area contributed by atoms with E-state index in [0.717, 1.165) is 18.3 Å². The van der Waals surface area contributed by atoms with Crippen molar-refractivity contribution >= 4 is 19.4 Å². The van der Waals surface area contributed by atoms with E-state index >= 15 is 0 Å². The number of halogens is 2. The molecule has 2 aliphatic rings. The van der Waals surface area contributed by atoms with Crippen molar-refractivity contribution in [3.05, 3.63) is 63.1 Å². The Bertz CT molecular complexity index is 1350. The molecule has 1 unspecified atom stereocenters. The molecule has 0 aliphatic carbocycles. The van der Waals surface area contributed by atoms with E-state index in [4.69, 9.17) is 4.74 Å². The van der Waals surface area contributed by atoms with Gasteiger partial charge in [-0.15, -0.1) is 0 Å². The molecule has 2 aliphatic heterocycles. The highest BCUT2D eigenvalue weighted by Crippen LogP contribution is 2.38. The largest absolute Gasteiger partial charge is 0.502 e. The van der Waals surface area contributed by atoms with Gasteiger partial charge in [-0.25, -0.2) is 8.78 Å². The van der Waals surface area contributed by atoms with Crippen molar-refractivity contribution in [2.75, 3.05) is 38.0 Å². The summed E-state index contributed by atoms with van der Waals surface area (Å²) in [6, 6.07) is 2.80. The number of hydrogen-bond acceptors (Lipinski definition) is 7. The third kappa shape index (κ3) is 4.97. The second-order valence-electron chi connectivity index (χ2n) is 8.84. The fourth-order valence-electron chi connectivity index (χ4n) is 4.57. The van der Waals surface area contributed by atoms with Crippen LogP contribution in [0.3, 0.4) is 0 Å². The molecule has 0 bridgehead atoms. The van der Waals surface area contributed by atoms with Crippen molar-refractivity contribution in [3.63, 3.8) is 0 Å². The van der Waals surface area contributed by atoms with Gasteiger partial charge >= 0.3 is 7.60 Å². The van der Waals surface area contributed by atoms with Crippen molar-refractivity contribution < 1.29 is 42.6 Å². The summed E-state index contributed by atoms with van der Waals surface area (Å²) in [6.07, 6.45) is 0.878. The van der Waals surface area contributed by atoms with Gasteiger partial charge in [-0.2, -0.15) is 0 Å². The normalized spacial score (nSPS) is 19.4. The SMILES string of the molecule is CN1n2cc(C(=O)NCc3ccc(F)cc3F)c(=O)c(O)c2C(=O)N(CCCP(=O)(O)O)C12CCOC2. The molecule has 2 aromatic rings. The van der Waals surface area contributed by atoms with E-state index in [9.17, 15) is 42.6 Å². The van der Waals surface area contributed by atoms with Crippen LogP contribution in [0.1, 0.15) is 39.3 Å². The summed E-state index contributed by atoms with van der Waals surface area (Å²) in [6.45, 7) is -0.156. The van der Waals surface area contributed by atoms with Crippen molar-refractivity contribution in [3.8, 4) is 5.75 Å². The number of pyridine rings is 1. The number of aromatic hydroxyl groups is 1. The first-order valence-corrected chi connectivity index (χ1v) is 13.0. The molecule has 1 fully saturated rings. The summed E-state index contributed by atoms with van der Waals surface area (Å²) >= 11 is 0. The summed E-state index contributed by atoms with van der Waals surface area (Å²) < 4.78 is 45.0. The molecule has 1 spiro atoms. The number of nitrogens with one attached hydrogen (secondary N) is 1. The van der Waals surface area contributed by atoms with E-state index in [-0.39, 0.29) is 38.3 Å². The predicted molar refractivity (Wildman–Crippen MR) is 125 cm³/mol. The minimum atomic E-state index is -4.32. The monoisotopic (exact) mass is 542 g/mol. The second kappa shape index (κ2) is 9.86. The smallest absolute Gasteiger partial charge is 0.325 e. The Morgan fingerprint density at radius 1 is 1.27 bits per heavy atom. The molecule has 4 rings (SSSR count). The topological polar surface area (TPSA) is 162 Å². The Labute approximate surface area is 209 Å². The third-order valence-corrected chi connectivity index (χ3v) is 7.45. The van der Waals surface area contributed by atoms with Crippen LogP contribution in [-0.4, -0.2) is 74.9 Å². The van der Waals surface area contributed by atoms with Gasteiger partial charge in [0.15, 0.2) is 17.1 Å². The van der Waals surface area contributed by atoms with Gasteiger partial charge in [-0.05, 0) is 12.5 Å². The van der Waals surface area contributed by atoms with Crippen LogP contribution in [-0.2, 0) is 15.8 Å². The number of amides is 2. The molecule has 0 radical (unpaired) electrons. The number of likely N-dealkylation sites (N-methyl/N-ethyl adjacent to an activating group) is 1. The van der Waals surface area contributed by atoms with E-state index in [0.29, 0.717) is 12.5 Å². The summed E-state index contributed by atoms with van der Waals surface area (Å²) in [5.41, 5.74) is -3.23. The van der Waals surface area contributed by atoms with Gasteiger partial charge in [-0.3, -0.25) is 28.6 Å². The standard InChI is InChI=1S/C22H25F2N4O8P/c1-26-22(5-7-36-12-22)27(6-2-8-37(33,34)35)21(32)17-19(30)18(29)15(11-28(17)26)20(31)25-10-13-3-4-14(23)9-16(13)24/h3-4,9,11,30H,2,5-8,10,12H2,1H3,(H,25,31)(H2,33,34,35). The maximum absolute atomic E-state index is 13.9. The maximum atomic E-state index is 13.9. The molecule has 1 atom stereocenters. The highest BCUT2D eigenvalue weighted by molar-refractivity contribution is 7.51. The summed E-state index contributed by atoms with van der Waals surface area (Å²) in [5.74, 6) is -4.41. The molecule has 3 heterocycles. The molecule has 2 amide bonds. The fraction of sp³-hybridized carbons (Fsp3) is 0.409. The van der Waals surface area contributed by atoms with E-state index < -0.39 is 65.3 Å². The number of carbonyl (C=O) groups excluding carboxylic acids is 2. The lowest BCUT2D eigenvalue weighted by molar-refractivity contribution is 0.0223. The number of aromatic nitrogens is 1. The van der Waals surface area contributed by atoms with Crippen molar-refractivity contribution in [1.82, 2.24) is 14.9 Å². The first-order chi connectivity index (χ1) is 17.4. The average molecular weight is 542 g/mol. The molecule has 0 saturated carbocycles. The quantitative estimate of drug-likeness (QED) is 0.365. The Morgan fingerprint density at radius 3 is 2.62 bits per heavy atom. The van der Waals surface area contributed by atoms with Crippen LogP contribution in [0.2, 0.25) is 0 Å². The number of benzene rings is 1. The number of nitrogens with zero attached hydrogens (tertiary/aromatic N) is 3. The molecule has 12 nitrogen and oxygen atoms in total. The lowest BCUT2D eigenvalue weighted by Gasteiger charge is -2.51. The van der Waals surface area contributed by atoms with Crippen LogP contribution in [0.4, 0.5) is 8.78 Å². The van der Waals surface area contributed by atoms with Crippen LogP contribution < -0.4 is 15.8 Å². The Morgan fingerprint density at radius 2 is 2.00 bits per heavy atom. The van der Waals surface area contributed by atoms with E-state index in [1.54, 1.807) is 7.05 Å². The number of hydrogen-bond donors (Lipinski definition) is 4. The van der Waals surface area contributed by atoms with E-state index in [2.05, 4.69) is 5.32 Å². The lowest BCUT2D eigenvalue weighted by atomic mass is 10.0. The minimum Gasteiger partial charge on any atom is -0.502 e. The van der Waals surface area contributed by atoms with Crippen LogP contribution in [0.25, 0.3) is 0 Å². The summed E-state index contributed by atoms with van der Waals surface area (Å²) in [4.78, 5) is 58.8. The maximum Gasteiger partial charge on any atom is 0.325 e. The minimum absolute atomic E-state index is 0.0302. The highest BCUT2D eigenvalue weighted by Gasteiger charge is 2.52. The molecule has 1 aromatic heterocycles. The molecule has 1 aromatic carbocycles. The zero-order valence-electron chi connectivity index (χ0n) is 19.7. The number of carbonyl (C=O) groups is 2. The van der Waals surface area contributed by atoms with Gasteiger partial charge in [0.2, 0.25) is 5.43 Å². The second-order valence-corrected chi connectivity index (χ2v) is 10.6. The first-order valence-electron chi connectivity index (χ1n) is 11.2. The van der Waals surface area contributed by atoms with Gasteiger partial charge < -0.3 is 29.8 Å². The zero-order chi connectivity index (χ0) is 27.1. The molecular weight excluding hydrogens is 517 g/mol. The summed E-state index contributed by atoms with van der Waals surface area (Å²) in [5, 5.41) is 14.5. The van der Waals surface area contributed by atoms with Crippen LogP contribution >= 0.6 is 7.60 Å². The lowest BCUT2D eigenvalue weighted by Crippen LogP contribution is -2.70. The van der Waals surface area contributed by atoms with Gasteiger partial charge in [0.1, 0.15) is 17.2 Å². The molecule has 4 N–H and O–H groups in total. The molecular formula is C22H25F2N4O8P. The van der Waals surface area contributed by atoms with Gasteiger partial charge in [-0.1, -0.05) is 6.07 Å². The van der Waals surface area contributed by atoms with Crippen LogP contribution in [0, 0.1) is 11.6 Å². The van der Waals surface area contributed by atoms with Gasteiger partial charge in [0.25, 0.3) is 11.8 Å². The molecule has 37 heavy (non-hydrogen) atoms.